The van der Waals surface area contributed by atoms with E-state index in [9.17, 15) is 4.79 Å². The molecular formula is C18H24O. The SMILES string of the molecule is CC1CCC(C(=O)C2CCCc3ccccc32)CC1. The molecule has 1 unspecified atom stereocenters. The zero-order valence-corrected chi connectivity index (χ0v) is 11.9. The molecule has 2 aliphatic rings. The van der Waals surface area contributed by atoms with Crippen molar-refractivity contribution in [2.24, 2.45) is 11.8 Å². The van der Waals surface area contributed by atoms with Crippen LogP contribution in [0.25, 0.3) is 0 Å². The van der Waals surface area contributed by atoms with Crippen LogP contribution in [0.15, 0.2) is 24.3 Å². The van der Waals surface area contributed by atoms with Crippen molar-refractivity contribution in [3.63, 3.8) is 0 Å². The van der Waals surface area contributed by atoms with Gasteiger partial charge in [-0.3, -0.25) is 4.79 Å². The van der Waals surface area contributed by atoms with Crippen molar-refractivity contribution in [3.05, 3.63) is 35.4 Å². The zero-order chi connectivity index (χ0) is 13.2. The number of ketones is 1. The number of carbonyl (C=O) groups excluding carboxylic acids is 1. The van der Waals surface area contributed by atoms with Crippen LogP contribution in [0, 0.1) is 11.8 Å². The third-order valence-electron chi connectivity index (χ3n) is 5.13. The monoisotopic (exact) mass is 256 g/mol. The van der Waals surface area contributed by atoms with E-state index >= 15 is 0 Å². The molecule has 0 saturated heterocycles. The molecule has 0 radical (unpaired) electrons. The Bertz CT molecular complexity index is 455. The van der Waals surface area contributed by atoms with Crippen LogP contribution in [-0.4, -0.2) is 5.78 Å². The number of hydrogen-bond donors (Lipinski definition) is 0. The summed E-state index contributed by atoms with van der Waals surface area (Å²) in [5.74, 6) is 1.90. The maximum atomic E-state index is 12.8. The summed E-state index contributed by atoms with van der Waals surface area (Å²) in [6.07, 6.45) is 8.13. The number of carbonyl (C=O) groups is 1. The Labute approximate surface area is 116 Å². The van der Waals surface area contributed by atoms with E-state index in [-0.39, 0.29) is 5.92 Å². The first-order chi connectivity index (χ1) is 9.25. The van der Waals surface area contributed by atoms with E-state index in [0.29, 0.717) is 11.7 Å². The average Bonchev–Trinajstić information content (AvgIpc) is 2.47. The van der Waals surface area contributed by atoms with Crippen molar-refractivity contribution in [2.45, 2.75) is 57.8 Å². The van der Waals surface area contributed by atoms with Crippen molar-refractivity contribution in [2.75, 3.05) is 0 Å². The van der Waals surface area contributed by atoms with E-state index in [0.717, 1.165) is 31.6 Å². The zero-order valence-electron chi connectivity index (χ0n) is 11.9. The summed E-state index contributed by atoms with van der Waals surface area (Å²) in [7, 11) is 0. The van der Waals surface area contributed by atoms with Crippen LogP contribution in [0.1, 0.15) is 62.5 Å². The highest BCUT2D eigenvalue weighted by Gasteiger charge is 2.32. The quantitative estimate of drug-likeness (QED) is 0.761. The predicted molar refractivity (Wildman–Crippen MR) is 78.3 cm³/mol. The fourth-order valence-electron chi connectivity index (χ4n) is 3.88. The lowest BCUT2D eigenvalue weighted by Crippen LogP contribution is -2.28. The Morgan fingerprint density at radius 2 is 1.79 bits per heavy atom. The van der Waals surface area contributed by atoms with Crippen molar-refractivity contribution in [1.82, 2.24) is 0 Å². The van der Waals surface area contributed by atoms with Crippen LogP contribution >= 0.6 is 0 Å². The number of benzene rings is 1. The maximum absolute atomic E-state index is 12.8. The molecule has 0 bridgehead atoms. The molecule has 1 fully saturated rings. The Balaban J connectivity index is 1.78. The summed E-state index contributed by atoms with van der Waals surface area (Å²) in [4.78, 5) is 12.8. The van der Waals surface area contributed by atoms with E-state index in [1.807, 2.05) is 0 Å². The van der Waals surface area contributed by atoms with E-state index in [1.54, 1.807) is 0 Å². The van der Waals surface area contributed by atoms with Gasteiger partial charge in [0.1, 0.15) is 5.78 Å². The summed E-state index contributed by atoms with van der Waals surface area (Å²) < 4.78 is 0. The van der Waals surface area contributed by atoms with Crippen LogP contribution in [0.3, 0.4) is 0 Å². The van der Waals surface area contributed by atoms with E-state index < -0.39 is 0 Å². The average molecular weight is 256 g/mol. The fraction of sp³-hybridized carbons (Fsp3) is 0.611. The molecule has 102 valence electrons. The normalized spacial score (nSPS) is 30.7. The van der Waals surface area contributed by atoms with Crippen LogP contribution < -0.4 is 0 Å². The van der Waals surface area contributed by atoms with Crippen molar-refractivity contribution >= 4 is 5.78 Å². The molecule has 0 heterocycles. The van der Waals surface area contributed by atoms with Gasteiger partial charge in [0.2, 0.25) is 0 Å². The molecule has 1 nitrogen and oxygen atoms in total. The van der Waals surface area contributed by atoms with Gasteiger partial charge in [-0.2, -0.15) is 0 Å². The number of Topliss-reactive ketones (excluding diaryl/α,β-unsaturated/α-hetero) is 1. The first-order valence-corrected chi connectivity index (χ1v) is 7.87. The molecule has 1 atom stereocenters. The van der Waals surface area contributed by atoms with Crippen LogP contribution in [0.2, 0.25) is 0 Å². The highest BCUT2D eigenvalue weighted by atomic mass is 16.1. The van der Waals surface area contributed by atoms with Gasteiger partial charge in [0.15, 0.2) is 0 Å². The minimum absolute atomic E-state index is 0.198. The molecule has 19 heavy (non-hydrogen) atoms. The molecule has 2 aliphatic carbocycles. The van der Waals surface area contributed by atoms with Gasteiger partial charge in [0, 0.05) is 11.8 Å². The van der Waals surface area contributed by atoms with E-state index in [4.69, 9.17) is 0 Å². The Morgan fingerprint density at radius 3 is 2.58 bits per heavy atom. The van der Waals surface area contributed by atoms with E-state index in [2.05, 4.69) is 31.2 Å². The highest BCUT2D eigenvalue weighted by Crippen LogP contribution is 2.38. The molecular weight excluding hydrogens is 232 g/mol. The van der Waals surface area contributed by atoms with Crippen molar-refractivity contribution in [3.8, 4) is 0 Å². The fourth-order valence-corrected chi connectivity index (χ4v) is 3.88. The van der Waals surface area contributed by atoms with Crippen LogP contribution in [0.4, 0.5) is 0 Å². The number of rotatable bonds is 2. The first-order valence-electron chi connectivity index (χ1n) is 7.87. The smallest absolute Gasteiger partial charge is 0.143 e. The second kappa shape index (κ2) is 5.48. The third-order valence-corrected chi connectivity index (χ3v) is 5.13. The maximum Gasteiger partial charge on any atom is 0.143 e. The predicted octanol–water partition coefficient (Wildman–Crippen LogP) is 4.50. The second-order valence-electron chi connectivity index (χ2n) is 6.50. The Morgan fingerprint density at radius 1 is 1.05 bits per heavy atom. The molecule has 1 saturated carbocycles. The summed E-state index contributed by atoms with van der Waals surface area (Å²) in [6.45, 7) is 2.32. The molecule has 1 aromatic carbocycles. The third kappa shape index (κ3) is 2.61. The lowest BCUT2D eigenvalue weighted by molar-refractivity contribution is -0.125. The van der Waals surface area contributed by atoms with Crippen LogP contribution in [-0.2, 0) is 11.2 Å². The van der Waals surface area contributed by atoms with Gasteiger partial charge in [-0.05, 0) is 49.1 Å². The standard InChI is InChI=1S/C18H24O/c1-13-9-11-15(12-10-13)18(19)17-8-4-6-14-5-2-3-7-16(14)17/h2-3,5,7,13,15,17H,4,6,8-12H2,1H3. The van der Waals surface area contributed by atoms with Gasteiger partial charge in [-0.25, -0.2) is 0 Å². The van der Waals surface area contributed by atoms with Crippen molar-refractivity contribution in [1.29, 1.82) is 0 Å². The topological polar surface area (TPSA) is 17.1 Å². The first kappa shape index (κ1) is 12.9. The van der Waals surface area contributed by atoms with Gasteiger partial charge in [-0.15, -0.1) is 0 Å². The largest absolute Gasteiger partial charge is 0.299 e. The molecule has 1 aromatic rings. The number of fused-ring (bicyclic) bond motifs is 1. The highest BCUT2D eigenvalue weighted by molar-refractivity contribution is 5.88. The Kier molecular flexibility index (Phi) is 3.72. The molecule has 0 spiro atoms. The van der Waals surface area contributed by atoms with E-state index in [1.165, 1.54) is 30.4 Å². The molecule has 0 amide bonds. The van der Waals surface area contributed by atoms with Gasteiger partial charge in [0.05, 0.1) is 0 Å². The van der Waals surface area contributed by atoms with Gasteiger partial charge < -0.3 is 0 Å². The number of aryl methyl sites for hydroxylation is 1. The lowest BCUT2D eigenvalue weighted by Gasteiger charge is -2.31. The molecule has 0 aromatic heterocycles. The minimum atomic E-state index is 0.198. The minimum Gasteiger partial charge on any atom is -0.299 e. The Hall–Kier alpha value is -1.11. The molecule has 0 N–H and O–H groups in total. The lowest BCUT2D eigenvalue weighted by atomic mass is 9.72. The van der Waals surface area contributed by atoms with Gasteiger partial charge >= 0.3 is 0 Å². The van der Waals surface area contributed by atoms with Crippen molar-refractivity contribution < 1.29 is 4.79 Å². The molecule has 0 aliphatic heterocycles. The summed E-state index contributed by atoms with van der Waals surface area (Å²) in [5.41, 5.74) is 2.74. The second-order valence-corrected chi connectivity index (χ2v) is 6.50. The van der Waals surface area contributed by atoms with Gasteiger partial charge in [0.25, 0.3) is 0 Å². The molecule has 3 rings (SSSR count). The van der Waals surface area contributed by atoms with Crippen LogP contribution in [0.5, 0.6) is 0 Å². The summed E-state index contributed by atoms with van der Waals surface area (Å²) >= 11 is 0. The summed E-state index contributed by atoms with van der Waals surface area (Å²) in [6, 6.07) is 8.58. The van der Waals surface area contributed by atoms with Gasteiger partial charge in [-0.1, -0.05) is 44.0 Å². The number of hydrogen-bond acceptors (Lipinski definition) is 1. The summed E-state index contributed by atoms with van der Waals surface area (Å²) in [5, 5.41) is 0. The molecule has 1 heteroatoms.